The van der Waals surface area contributed by atoms with E-state index in [4.69, 9.17) is 5.11 Å². The van der Waals surface area contributed by atoms with Crippen molar-refractivity contribution in [1.29, 1.82) is 0 Å². The van der Waals surface area contributed by atoms with E-state index in [1.807, 2.05) is 4.90 Å². The van der Waals surface area contributed by atoms with Crippen LogP contribution < -0.4 is 0 Å². The summed E-state index contributed by atoms with van der Waals surface area (Å²) < 4.78 is 0. The first-order valence-corrected chi connectivity index (χ1v) is 7.05. The minimum absolute atomic E-state index is 0.0938. The van der Waals surface area contributed by atoms with Crippen molar-refractivity contribution in [3.05, 3.63) is 0 Å². The highest BCUT2D eigenvalue weighted by molar-refractivity contribution is 5.81. The molecule has 0 radical (unpaired) electrons. The topological polar surface area (TPSA) is 81.1 Å². The van der Waals surface area contributed by atoms with Crippen LogP contribution in [0.1, 0.15) is 38.5 Å². The van der Waals surface area contributed by atoms with Gasteiger partial charge in [-0.2, -0.15) is 0 Å². The van der Waals surface area contributed by atoms with Crippen LogP contribution in [0.3, 0.4) is 0 Å². The Morgan fingerprint density at radius 1 is 1.11 bits per heavy atom. The number of amides is 2. The van der Waals surface area contributed by atoms with E-state index in [0.717, 1.165) is 25.7 Å². The molecule has 1 saturated carbocycles. The van der Waals surface area contributed by atoms with E-state index in [1.54, 1.807) is 0 Å². The third-order valence-electron chi connectivity index (χ3n) is 4.47. The molecular weight excluding hydrogens is 248 g/mol. The van der Waals surface area contributed by atoms with Crippen LogP contribution in [-0.2, 0) is 4.79 Å². The normalized spacial score (nSPS) is 33.3. The van der Waals surface area contributed by atoms with E-state index in [-0.39, 0.29) is 36.8 Å². The van der Waals surface area contributed by atoms with E-state index in [0.29, 0.717) is 12.8 Å². The molecule has 6 heteroatoms. The summed E-state index contributed by atoms with van der Waals surface area (Å²) in [6.07, 6.45) is 4.63. The van der Waals surface area contributed by atoms with Gasteiger partial charge in [-0.3, -0.25) is 4.79 Å². The Morgan fingerprint density at radius 3 is 2.16 bits per heavy atom. The zero-order valence-corrected chi connectivity index (χ0v) is 10.9. The van der Waals surface area contributed by atoms with Crippen molar-refractivity contribution in [3.63, 3.8) is 0 Å². The molecule has 19 heavy (non-hydrogen) atoms. The lowest BCUT2D eigenvalue weighted by Gasteiger charge is -2.40. The maximum atomic E-state index is 12.6. The minimum atomic E-state index is -0.954. The second-order valence-corrected chi connectivity index (χ2v) is 5.95. The van der Waals surface area contributed by atoms with Crippen LogP contribution in [0.25, 0.3) is 0 Å². The highest BCUT2D eigenvalue weighted by Crippen LogP contribution is 2.38. The largest absolute Gasteiger partial charge is 0.480 e. The van der Waals surface area contributed by atoms with Gasteiger partial charge >= 0.3 is 12.0 Å². The summed E-state index contributed by atoms with van der Waals surface area (Å²) in [5.41, 5.74) is 0. The zero-order valence-electron chi connectivity index (χ0n) is 10.9. The Balaban J connectivity index is 1.73. The van der Waals surface area contributed by atoms with Crippen LogP contribution in [0.2, 0.25) is 0 Å². The van der Waals surface area contributed by atoms with Crippen molar-refractivity contribution in [2.24, 2.45) is 0 Å². The number of fused-ring (bicyclic) bond motifs is 2. The minimum Gasteiger partial charge on any atom is -0.480 e. The lowest BCUT2D eigenvalue weighted by Crippen LogP contribution is -2.54. The number of rotatable bonds is 3. The van der Waals surface area contributed by atoms with Crippen LogP contribution >= 0.6 is 0 Å². The van der Waals surface area contributed by atoms with Gasteiger partial charge in [0, 0.05) is 18.1 Å². The standard InChI is InChI=1S/C13H20N2O4/c16-11-5-9-3-4-10(6-11)15(9)13(19)14(7-12(17)18)8-1-2-8/h8-11,16H,1-7H2,(H,17,18). The Hall–Kier alpha value is -1.30. The Labute approximate surface area is 112 Å². The van der Waals surface area contributed by atoms with Gasteiger partial charge in [-0.1, -0.05) is 0 Å². The summed E-state index contributed by atoms with van der Waals surface area (Å²) in [6, 6.07) is 0.159. The first-order valence-electron chi connectivity index (χ1n) is 7.05. The molecule has 1 aliphatic carbocycles. The molecule has 0 spiro atoms. The monoisotopic (exact) mass is 268 g/mol. The second kappa shape index (κ2) is 4.67. The Kier molecular flexibility index (Phi) is 3.12. The number of carboxylic acid groups (broad SMARTS) is 1. The number of aliphatic carboxylic acids is 1. The number of carbonyl (C=O) groups excluding carboxylic acids is 1. The average Bonchev–Trinajstić information content (AvgIpc) is 3.12. The molecule has 0 aromatic rings. The molecule has 2 N–H and O–H groups in total. The molecule has 3 rings (SSSR count). The van der Waals surface area contributed by atoms with Crippen LogP contribution in [0.4, 0.5) is 4.79 Å². The maximum Gasteiger partial charge on any atom is 0.323 e. The molecule has 0 aromatic heterocycles. The van der Waals surface area contributed by atoms with Gasteiger partial charge < -0.3 is 20.0 Å². The lowest BCUT2D eigenvalue weighted by atomic mass is 10.0. The average molecular weight is 268 g/mol. The van der Waals surface area contributed by atoms with Crippen LogP contribution in [-0.4, -0.2) is 62.8 Å². The number of urea groups is 1. The Bertz CT molecular complexity index is 382. The van der Waals surface area contributed by atoms with Crippen molar-refractivity contribution in [1.82, 2.24) is 9.80 Å². The first kappa shape index (κ1) is 12.7. The fraction of sp³-hybridized carbons (Fsp3) is 0.846. The third-order valence-corrected chi connectivity index (χ3v) is 4.47. The number of hydrogen-bond acceptors (Lipinski definition) is 3. The molecule has 106 valence electrons. The zero-order chi connectivity index (χ0) is 13.6. The maximum absolute atomic E-state index is 12.6. The predicted molar refractivity (Wildman–Crippen MR) is 66.6 cm³/mol. The van der Waals surface area contributed by atoms with E-state index in [1.165, 1.54) is 4.90 Å². The molecular formula is C13H20N2O4. The van der Waals surface area contributed by atoms with E-state index in [9.17, 15) is 14.7 Å². The van der Waals surface area contributed by atoms with Crippen molar-refractivity contribution in [2.45, 2.75) is 62.8 Å². The van der Waals surface area contributed by atoms with Gasteiger partial charge in [0.1, 0.15) is 6.54 Å². The summed E-state index contributed by atoms with van der Waals surface area (Å²) in [6.45, 7) is -0.206. The fourth-order valence-corrected chi connectivity index (χ4v) is 3.49. The summed E-state index contributed by atoms with van der Waals surface area (Å²) >= 11 is 0. The van der Waals surface area contributed by atoms with Gasteiger partial charge in [0.2, 0.25) is 0 Å². The first-order chi connectivity index (χ1) is 9.06. The summed E-state index contributed by atoms with van der Waals surface area (Å²) in [5, 5.41) is 18.7. The van der Waals surface area contributed by atoms with Crippen LogP contribution in [0.5, 0.6) is 0 Å². The number of carbonyl (C=O) groups is 2. The molecule has 2 bridgehead atoms. The predicted octanol–water partition coefficient (Wildman–Crippen LogP) is 0.643. The number of aliphatic hydroxyl groups is 1. The molecule has 6 nitrogen and oxygen atoms in total. The molecule has 2 amide bonds. The van der Waals surface area contributed by atoms with Gasteiger partial charge in [-0.15, -0.1) is 0 Å². The van der Waals surface area contributed by atoms with Gasteiger partial charge in [0.05, 0.1) is 6.10 Å². The summed E-state index contributed by atoms with van der Waals surface area (Å²) in [5.74, 6) is -0.954. The van der Waals surface area contributed by atoms with Gasteiger partial charge in [0.25, 0.3) is 0 Å². The number of aliphatic hydroxyl groups excluding tert-OH is 1. The summed E-state index contributed by atoms with van der Waals surface area (Å²) in [7, 11) is 0. The highest BCUT2D eigenvalue weighted by atomic mass is 16.4. The molecule has 2 saturated heterocycles. The molecule has 0 aromatic carbocycles. The van der Waals surface area contributed by atoms with Crippen molar-refractivity contribution in [3.8, 4) is 0 Å². The van der Waals surface area contributed by atoms with Crippen molar-refractivity contribution >= 4 is 12.0 Å². The third kappa shape index (κ3) is 2.41. The molecule has 3 fully saturated rings. The number of carboxylic acids is 1. The number of nitrogens with zero attached hydrogens (tertiary/aromatic N) is 2. The van der Waals surface area contributed by atoms with Crippen LogP contribution in [0, 0.1) is 0 Å². The van der Waals surface area contributed by atoms with E-state index < -0.39 is 5.97 Å². The molecule has 2 aliphatic heterocycles. The van der Waals surface area contributed by atoms with Crippen LogP contribution in [0.15, 0.2) is 0 Å². The molecule has 3 aliphatic rings. The smallest absolute Gasteiger partial charge is 0.323 e. The SMILES string of the molecule is O=C(O)CN(C(=O)N1C2CCC1CC(O)C2)C1CC1. The molecule has 2 atom stereocenters. The summed E-state index contributed by atoms with van der Waals surface area (Å²) in [4.78, 5) is 26.8. The van der Waals surface area contributed by atoms with Gasteiger partial charge in [0.15, 0.2) is 0 Å². The molecule has 2 heterocycles. The van der Waals surface area contributed by atoms with Gasteiger partial charge in [-0.05, 0) is 38.5 Å². The van der Waals surface area contributed by atoms with Gasteiger partial charge in [-0.25, -0.2) is 4.79 Å². The molecule has 2 unspecified atom stereocenters. The lowest BCUT2D eigenvalue weighted by molar-refractivity contribution is -0.138. The Morgan fingerprint density at radius 2 is 1.68 bits per heavy atom. The number of piperidine rings is 1. The van der Waals surface area contributed by atoms with Crippen molar-refractivity contribution in [2.75, 3.05) is 6.54 Å². The van der Waals surface area contributed by atoms with E-state index in [2.05, 4.69) is 0 Å². The van der Waals surface area contributed by atoms with E-state index >= 15 is 0 Å². The number of hydrogen-bond donors (Lipinski definition) is 2. The second-order valence-electron chi connectivity index (χ2n) is 5.95. The fourth-order valence-electron chi connectivity index (χ4n) is 3.49. The van der Waals surface area contributed by atoms with Crippen molar-refractivity contribution < 1.29 is 19.8 Å². The highest BCUT2D eigenvalue weighted by Gasteiger charge is 2.46. The quantitative estimate of drug-likeness (QED) is 0.787.